The summed E-state index contributed by atoms with van der Waals surface area (Å²) in [5, 5.41) is 0. The van der Waals surface area contributed by atoms with Gasteiger partial charge in [0.05, 0.1) is 0 Å². The fraction of sp³-hybridized carbons (Fsp3) is 0.588. The fourth-order valence-electron chi connectivity index (χ4n) is 3.11. The Morgan fingerprint density at radius 2 is 2.00 bits per heavy atom. The number of hydrogen-bond acceptors (Lipinski definition) is 5. The van der Waals surface area contributed by atoms with Crippen molar-refractivity contribution >= 4 is 12.1 Å². The number of pyridine rings is 1. The van der Waals surface area contributed by atoms with Gasteiger partial charge in [-0.05, 0) is 39.3 Å². The van der Waals surface area contributed by atoms with Crippen molar-refractivity contribution in [1.29, 1.82) is 0 Å². The van der Waals surface area contributed by atoms with Gasteiger partial charge in [0.15, 0.2) is 5.69 Å². The zero-order chi connectivity index (χ0) is 16.8. The molecule has 23 heavy (non-hydrogen) atoms. The van der Waals surface area contributed by atoms with Crippen LogP contribution in [0.25, 0.3) is 0 Å². The maximum Gasteiger partial charge on any atom is 0.410 e. The summed E-state index contributed by atoms with van der Waals surface area (Å²) in [4.78, 5) is 30.1. The number of rotatable bonds is 0. The van der Waals surface area contributed by atoms with E-state index in [0.717, 1.165) is 11.1 Å². The van der Waals surface area contributed by atoms with E-state index in [4.69, 9.17) is 9.47 Å². The summed E-state index contributed by atoms with van der Waals surface area (Å²) >= 11 is 0. The average Bonchev–Trinajstić information content (AvgIpc) is 2.70. The molecule has 0 bridgehead atoms. The third kappa shape index (κ3) is 2.90. The number of esters is 1. The normalized spacial score (nSPS) is 19.5. The molecule has 6 heteroatoms. The molecule has 0 N–H and O–H groups in total. The minimum atomic E-state index is -0.649. The van der Waals surface area contributed by atoms with E-state index in [1.807, 2.05) is 33.8 Å². The molecule has 0 unspecified atom stereocenters. The summed E-state index contributed by atoms with van der Waals surface area (Å²) in [6.07, 6.45) is 2.49. The van der Waals surface area contributed by atoms with E-state index in [1.165, 1.54) is 0 Å². The Balaban J connectivity index is 1.76. The lowest BCUT2D eigenvalue weighted by atomic mass is 9.84. The summed E-state index contributed by atoms with van der Waals surface area (Å²) in [5.41, 5.74) is 1.09. The SMILES string of the molecule is Cc1cnc2c(c1)C1(CCN(C(=O)OC(C)(C)C)CC1)OC2=O. The van der Waals surface area contributed by atoms with Crippen molar-refractivity contribution in [2.45, 2.75) is 51.7 Å². The molecule has 1 aromatic heterocycles. The van der Waals surface area contributed by atoms with Gasteiger partial charge in [0.25, 0.3) is 0 Å². The molecule has 1 saturated heterocycles. The third-order valence-electron chi connectivity index (χ3n) is 4.22. The van der Waals surface area contributed by atoms with Crippen molar-refractivity contribution in [1.82, 2.24) is 9.88 Å². The van der Waals surface area contributed by atoms with Crippen molar-refractivity contribution in [3.05, 3.63) is 29.1 Å². The smallest absolute Gasteiger partial charge is 0.410 e. The predicted octanol–water partition coefficient (Wildman–Crippen LogP) is 2.79. The number of hydrogen-bond donors (Lipinski definition) is 0. The summed E-state index contributed by atoms with van der Waals surface area (Å²) in [6, 6.07) is 1.97. The average molecular weight is 318 g/mol. The van der Waals surface area contributed by atoms with Crippen LogP contribution in [0.2, 0.25) is 0 Å². The molecule has 1 amide bonds. The highest BCUT2D eigenvalue weighted by atomic mass is 16.6. The summed E-state index contributed by atoms with van der Waals surface area (Å²) in [5.74, 6) is -0.370. The lowest BCUT2D eigenvalue weighted by Gasteiger charge is -2.38. The van der Waals surface area contributed by atoms with E-state index in [1.54, 1.807) is 11.1 Å². The number of aromatic nitrogens is 1. The zero-order valence-corrected chi connectivity index (χ0v) is 14.0. The van der Waals surface area contributed by atoms with Crippen LogP contribution < -0.4 is 0 Å². The van der Waals surface area contributed by atoms with Gasteiger partial charge in [-0.1, -0.05) is 0 Å². The molecule has 6 nitrogen and oxygen atoms in total. The van der Waals surface area contributed by atoms with Crippen LogP contribution >= 0.6 is 0 Å². The second-order valence-electron chi connectivity index (χ2n) is 7.26. The highest BCUT2D eigenvalue weighted by Gasteiger charge is 2.49. The van der Waals surface area contributed by atoms with Gasteiger partial charge in [-0.3, -0.25) is 0 Å². The summed E-state index contributed by atoms with van der Waals surface area (Å²) < 4.78 is 11.1. The number of carbonyl (C=O) groups is 2. The number of fused-ring (bicyclic) bond motifs is 2. The standard InChI is InChI=1S/C17H22N2O4/c1-11-9-12-13(18-10-11)14(20)22-17(12)5-7-19(8-6-17)15(21)23-16(2,3)4/h9-10H,5-8H2,1-4H3. The van der Waals surface area contributed by atoms with Crippen LogP contribution in [0.3, 0.4) is 0 Å². The quantitative estimate of drug-likeness (QED) is 0.688. The van der Waals surface area contributed by atoms with Gasteiger partial charge in [0.1, 0.15) is 11.2 Å². The van der Waals surface area contributed by atoms with Crippen molar-refractivity contribution in [2.24, 2.45) is 0 Å². The Morgan fingerprint density at radius 3 is 2.61 bits per heavy atom. The van der Waals surface area contributed by atoms with Gasteiger partial charge >= 0.3 is 12.1 Å². The molecule has 1 spiro atoms. The van der Waals surface area contributed by atoms with Crippen molar-refractivity contribution in [2.75, 3.05) is 13.1 Å². The summed E-state index contributed by atoms with van der Waals surface area (Å²) in [6.45, 7) is 8.48. The van der Waals surface area contributed by atoms with Crippen molar-refractivity contribution < 1.29 is 19.1 Å². The van der Waals surface area contributed by atoms with Gasteiger partial charge in [0, 0.05) is 37.7 Å². The number of aryl methyl sites for hydroxylation is 1. The monoisotopic (exact) mass is 318 g/mol. The van der Waals surface area contributed by atoms with Crippen molar-refractivity contribution in [3.8, 4) is 0 Å². The molecule has 0 aliphatic carbocycles. The van der Waals surface area contributed by atoms with Crippen LogP contribution in [-0.2, 0) is 15.1 Å². The van der Waals surface area contributed by atoms with Crippen LogP contribution in [0.15, 0.2) is 12.3 Å². The number of nitrogens with zero attached hydrogens (tertiary/aromatic N) is 2. The van der Waals surface area contributed by atoms with Gasteiger partial charge < -0.3 is 14.4 Å². The molecular formula is C17H22N2O4. The van der Waals surface area contributed by atoms with Gasteiger partial charge in [-0.15, -0.1) is 0 Å². The Hall–Kier alpha value is -2.11. The molecule has 2 aliphatic rings. The molecule has 2 aliphatic heterocycles. The first-order valence-electron chi connectivity index (χ1n) is 7.89. The topological polar surface area (TPSA) is 68.7 Å². The Kier molecular flexibility index (Phi) is 3.58. The molecule has 1 fully saturated rings. The molecule has 3 heterocycles. The number of ether oxygens (including phenoxy) is 2. The van der Waals surface area contributed by atoms with Crippen LogP contribution in [0, 0.1) is 6.92 Å². The van der Waals surface area contributed by atoms with Crippen LogP contribution in [0.1, 0.15) is 55.2 Å². The molecule has 0 atom stereocenters. The van der Waals surface area contributed by atoms with E-state index < -0.39 is 11.2 Å². The van der Waals surface area contributed by atoms with E-state index >= 15 is 0 Å². The van der Waals surface area contributed by atoms with E-state index in [9.17, 15) is 9.59 Å². The molecule has 1 aromatic rings. The number of amides is 1. The summed E-state index contributed by atoms with van der Waals surface area (Å²) in [7, 11) is 0. The molecule has 3 rings (SSSR count). The largest absolute Gasteiger partial charge is 0.449 e. The van der Waals surface area contributed by atoms with Gasteiger partial charge in [0.2, 0.25) is 0 Å². The zero-order valence-electron chi connectivity index (χ0n) is 14.0. The fourth-order valence-corrected chi connectivity index (χ4v) is 3.11. The van der Waals surface area contributed by atoms with E-state index in [0.29, 0.717) is 31.6 Å². The number of likely N-dealkylation sites (tertiary alicyclic amines) is 1. The highest BCUT2D eigenvalue weighted by Crippen LogP contribution is 2.43. The minimum absolute atomic E-state index is 0.320. The first-order valence-corrected chi connectivity index (χ1v) is 7.89. The first kappa shape index (κ1) is 15.8. The number of piperidine rings is 1. The maximum absolute atomic E-state index is 12.2. The minimum Gasteiger partial charge on any atom is -0.449 e. The van der Waals surface area contributed by atoms with Crippen LogP contribution in [0.4, 0.5) is 4.79 Å². The van der Waals surface area contributed by atoms with E-state index in [-0.39, 0.29) is 12.1 Å². The second-order valence-corrected chi connectivity index (χ2v) is 7.26. The Labute approximate surface area is 135 Å². The molecule has 0 saturated carbocycles. The highest BCUT2D eigenvalue weighted by molar-refractivity contribution is 5.92. The Morgan fingerprint density at radius 1 is 1.35 bits per heavy atom. The van der Waals surface area contributed by atoms with E-state index in [2.05, 4.69) is 4.98 Å². The second kappa shape index (κ2) is 5.22. The molecule has 0 aromatic carbocycles. The third-order valence-corrected chi connectivity index (χ3v) is 4.22. The van der Waals surface area contributed by atoms with Gasteiger partial charge in [-0.25, -0.2) is 14.6 Å². The molecule has 124 valence electrons. The van der Waals surface area contributed by atoms with Gasteiger partial charge in [-0.2, -0.15) is 0 Å². The number of carbonyl (C=O) groups excluding carboxylic acids is 2. The molecule has 0 radical (unpaired) electrons. The first-order chi connectivity index (χ1) is 10.7. The lowest BCUT2D eigenvalue weighted by molar-refractivity contribution is -0.0471. The predicted molar refractivity (Wildman–Crippen MR) is 83.1 cm³/mol. The van der Waals surface area contributed by atoms with Crippen molar-refractivity contribution in [3.63, 3.8) is 0 Å². The lowest BCUT2D eigenvalue weighted by Crippen LogP contribution is -2.47. The Bertz CT molecular complexity index is 655. The maximum atomic E-state index is 12.2. The van der Waals surface area contributed by atoms with Crippen LogP contribution in [0.5, 0.6) is 0 Å². The van der Waals surface area contributed by atoms with Crippen LogP contribution in [-0.4, -0.2) is 40.6 Å². The molecular weight excluding hydrogens is 296 g/mol.